The third-order valence-corrected chi connectivity index (χ3v) is 2.76. The molecular formula is C13H19FN2O2. The molecule has 2 atom stereocenters. The maximum absolute atomic E-state index is 12.8. The van der Waals surface area contributed by atoms with Gasteiger partial charge in [0.25, 0.3) is 0 Å². The van der Waals surface area contributed by atoms with Crippen molar-refractivity contribution in [2.45, 2.75) is 25.5 Å². The Labute approximate surface area is 106 Å². The van der Waals surface area contributed by atoms with Crippen LogP contribution in [0.5, 0.6) is 0 Å². The van der Waals surface area contributed by atoms with Crippen molar-refractivity contribution in [2.75, 3.05) is 13.7 Å². The van der Waals surface area contributed by atoms with E-state index < -0.39 is 0 Å². The summed E-state index contributed by atoms with van der Waals surface area (Å²) in [6.45, 7) is 2.14. The molecule has 0 saturated heterocycles. The minimum Gasteiger partial charge on any atom is -0.380 e. The zero-order valence-corrected chi connectivity index (χ0v) is 10.7. The zero-order chi connectivity index (χ0) is 13.5. The first-order valence-corrected chi connectivity index (χ1v) is 5.84. The molecule has 0 aromatic heterocycles. The van der Waals surface area contributed by atoms with Crippen molar-refractivity contribution in [1.82, 2.24) is 5.32 Å². The van der Waals surface area contributed by atoms with Crippen LogP contribution in [0.15, 0.2) is 24.3 Å². The summed E-state index contributed by atoms with van der Waals surface area (Å²) in [5.74, 6) is -0.427. The number of benzene rings is 1. The molecule has 1 unspecified atom stereocenters. The Morgan fingerprint density at radius 2 is 2.06 bits per heavy atom. The second-order valence-electron chi connectivity index (χ2n) is 4.14. The van der Waals surface area contributed by atoms with Gasteiger partial charge in [-0.2, -0.15) is 0 Å². The van der Waals surface area contributed by atoms with Gasteiger partial charge in [0.2, 0.25) is 5.91 Å². The van der Waals surface area contributed by atoms with Crippen LogP contribution in [-0.4, -0.2) is 25.7 Å². The van der Waals surface area contributed by atoms with Crippen LogP contribution in [-0.2, 0) is 9.53 Å². The Kier molecular flexibility index (Phi) is 5.74. The Hall–Kier alpha value is -1.46. The first kappa shape index (κ1) is 14.6. The summed E-state index contributed by atoms with van der Waals surface area (Å²) < 4.78 is 17.8. The molecule has 5 heteroatoms. The Morgan fingerprint density at radius 1 is 1.44 bits per heavy atom. The number of rotatable bonds is 6. The van der Waals surface area contributed by atoms with E-state index in [2.05, 4.69) is 5.32 Å². The van der Waals surface area contributed by atoms with Crippen molar-refractivity contribution in [3.63, 3.8) is 0 Å². The van der Waals surface area contributed by atoms with E-state index in [1.165, 1.54) is 19.2 Å². The number of ether oxygens (including phenoxy) is 1. The minimum atomic E-state index is -0.292. The average molecular weight is 254 g/mol. The molecule has 1 aromatic carbocycles. The summed E-state index contributed by atoms with van der Waals surface area (Å²) in [4.78, 5) is 11.7. The lowest BCUT2D eigenvalue weighted by atomic mass is 10.1. The van der Waals surface area contributed by atoms with E-state index in [-0.39, 0.29) is 30.3 Å². The molecular weight excluding hydrogens is 235 g/mol. The predicted molar refractivity (Wildman–Crippen MR) is 67.4 cm³/mol. The zero-order valence-electron chi connectivity index (χ0n) is 10.7. The Bertz CT molecular complexity index is 377. The molecule has 100 valence electrons. The first-order valence-electron chi connectivity index (χ1n) is 5.84. The molecule has 1 amide bonds. The largest absolute Gasteiger partial charge is 0.380 e. The summed E-state index contributed by atoms with van der Waals surface area (Å²) >= 11 is 0. The number of amides is 1. The van der Waals surface area contributed by atoms with Gasteiger partial charge in [0.05, 0.1) is 18.6 Å². The van der Waals surface area contributed by atoms with Gasteiger partial charge in [0.15, 0.2) is 0 Å². The van der Waals surface area contributed by atoms with Crippen LogP contribution in [0, 0.1) is 5.82 Å². The Balaban J connectivity index is 2.51. The predicted octanol–water partition coefficient (Wildman–Crippen LogP) is 1.37. The molecule has 3 N–H and O–H groups in total. The van der Waals surface area contributed by atoms with Crippen molar-refractivity contribution in [3.8, 4) is 0 Å². The summed E-state index contributed by atoms with van der Waals surface area (Å²) in [6, 6.07) is 5.87. The normalized spacial score (nSPS) is 14.0. The molecule has 0 saturated carbocycles. The molecule has 0 aliphatic heterocycles. The molecule has 0 bridgehead atoms. The molecule has 0 spiro atoms. The molecule has 1 aromatic rings. The lowest BCUT2D eigenvalue weighted by Crippen LogP contribution is -2.33. The summed E-state index contributed by atoms with van der Waals surface area (Å²) in [6.07, 6.45) is -0.0520. The van der Waals surface area contributed by atoms with E-state index in [9.17, 15) is 9.18 Å². The smallest absolute Gasteiger partial charge is 0.223 e. The maximum Gasteiger partial charge on any atom is 0.223 e. The highest BCUT2D eigenvalue weighted by atomic mass is 19.1. The fourth-order valence-corrected chi connectivity index (χ4v) is 1.60. The molecule has 0 radical (unpaired) electrons. The van der Waals surface area contributed by atoms with Gasteiger partial charge >= 0.3 is 0 Å². The van der Waals surface area contributed by atoms with E-state index in [1.54, 1.807) is 12.1 Å². The minimum absolute atomic E-state index is 0.135. The van der Waals surface area contributed by atoms with E-state index >= 15 is 0 Å². The van der Waals surface area contributed by atoms with E-state index in [0.29, 0.717) is 6.54 Å². The maximum atomic E-state index is 12.8. The van der Waals surface area contributed by atoms with E-state index in [1.807, 2.05) is 6.92 Å². The van der Waals surface area contributed by atoms with Crippen LogP contribution < -0.4 is 11.1 Å². The van der Waals surface area contributed by atoms with Crippen molar-refractivity contribution < 1.29 is 13.9 Å². The van der Waals surface area contributed by atoms with Crippen molar-refractivity contribution in [1.29, 1.82) is 0 Å². The second kappa shape index (κ2) is 7.08. The molecule has 4 nitrogen and oxygen atoms in total. The van der Waals surface area contributed by atoms with Crippen LogP contribution in [0.25, 0.3) is 0 Å². The average Bonchev–Trinajstić information content (AvgIpc) is 2.36. The van der Waals surface area contributed by atoms with Crippen molar-refractivity contribution in [2.24, 2.45) is 5.73 Å². The quantitative estimate of drug-likeness (QED) is 0.805. The van der Waals surface area contributed by atoms with Gasteiger partial charge in [-0.3, -0.25) is 4.79 Å². The standard InChI is InChI=1S/C13H19FN2O2/c1-9(10-3-5-11(14)6-4-10)16-13(17)7-12(8-15)18-2/h3-6,9,12H,7-8,15H2,1-2H3,(H,16,17)/t9-,12?/m0/s1. The van der Waals surface area contributed by atoms with Gasteiger partial charge in [-0.15, -0.1) is 0 Å². The fourth-order valence-electron chi connectivity index (χ4n) is 1.60. The van der Waals surface area contributed by atoms with Gasteiger partial charge in [-0.05, 0) is 24.6 Å². The van der Waals surface area contributed by atoms with Gasteiger partial charge in [0, 0.05) is 13.7 Å². The number of carbonyl (C=O) groups is 1. The molecule has 0 heterocycles. The monoisotopic (exact) mass is 254 g/mol. The summed E-state index contributed by atoms with van der Waals surface area (Å²) in [7, 11) is 1.52. The van der Waals surface area contributed by atoms with E-state index in [0.717, 1.165) is 5.56 Å². The van der Waals surface area contributed by atoms with Gasteiger partial charge in [0.1, 0.15) is 5.82 Å². The second-order valence-corrected chi connectivity index (χ2v) is 4.14. The van der Waals surface area contributed by atoms with Gasteiger partial charge < -0.3 is 15.8 Å². The van der Waals surface area contributed by atoms with Gasteiger partial charge in [-0.25, -0.2) is 4.39 Å². The van der Waals surface area contributed by atoms with Gasteiger partial charge in [-0.1, -0.05) is 12.1 Å². The third-order valence-electron chi connectivity index (χ3n) is 2.76. The Morgan fingerprint density at radius 3 is 2.56 bits per heavy atom. The SMILES string of the molecule is COC(CN)CC(=O)N[C@@H](C)c1ccc(F)cc1. The number of hydrogen-bond donors (Lipinski definition) is 2. The number of hydrogen-bond acceptors (Lipinski definition) is 3. The van der Waals surface area contributed by atoms with Crippen LogP contribution >= 0.6 is 0 Å². The topological polar surface area (TPSA) is 64.3 Å². The number of nitrogens with one attached hydrogen (secondary N) is 1. The lowest BCUT2D eigenvalue weighted by Gasteiger charge is -2.17. The van der Waals surface area contributed by atoms with Crippen LogP contribution in [0.4, 0.5) is 4.39 Å². The molecule has 0 aliphatic carbocycles. The first-order chi connectivity index (χ1) is 8.56. The molecule has 0 fully saturated rings. The molecule has 18 heavy (non-hydrogen) atoms. The number of nitrogens with two attached hydrogens (primary N) is 1. The fraction of sp³-hybridized carbons (Fsp3) is 0.462. The van der Waals surface area contributed by atoms with Crippen molar-refractivity contribution >= 4 is 5.91 Å². The molecule has 1 rings (SSSR count). The third kappa shape index (κ3) is 4.43. The highest BCUT2D eigenvalue weighted by Crippen LogP contribution is 2.13. The van der Waals surface area contributed by atoms with Crippen LogP contribution in [0.2, 0.25) is 0 Å². The molecule has 0 aliphatic rings. The highest BCUT2D eigenvalue weighted by molar-refractivity contribution is 5.76. The number of carbonyl (C=O) groups excluding carboxylic acids is 1. The highest BCUT2D eigenvalue weighted by Gasteiger charge is 2.14. The number of methoxy groups -OCH3 is 1. The van der Waals surface area contributed by atoms with Crippen LogP contribution in [0.3, 0.4) is 0 Å². The van der Waals surface area contributed by atoms with Crippen molar-refractivity contribution in [3.05, 3.63) is 35.6 Å². The summed E-state index contributed by atoms with van der Waals surface area (Å²) in [5.41, 5.74) is 6.30. The van der Waals surface area contributed by atoms with E-state index in [4.69, 9.17) is 10.5 Å². The van der Waals surface area contributed by atoms with Crippen LogP contribution in [0.1, 0.15) is 24.9 Å². The lowest BCUT2D eigenvalue weighted by molar-refractivity contribution is -0.124. The summed E-state index contributed by atoms with van der Waals surface area (Å²) in [5, 5.41) is 2.82. The number of halogens is 1.